The number of benzene rings is 2. The summed E-state index contributed by atoms with van der Waals surface area (Å²) < 4.78 is 11.1. The van der Waals surface area contributed by atoms with Crippen molar-refractivity contribution in [2.75, 3.05) is 20.2 Å². The summed E-state index contributed by atoms with van der Waals surface area (Å²) in [5, 5.41) is 0. The van der Waals surface area contributed by atoms with Crippen LogP contribution in [-0.2, 0) is 11.2 Å². The van der Waals surface area contributed by atoms with Gasteiger partial charge in [-0.3, -0.25) is 4.79 Å². The van der Waals surface area contributed by atoms with Crippen LogP contribution in [0.15, 0.2) is 48.5 Å². The highest BCUT2D eigenvalue weighted by Crippen LogP contribution is 2.39. The van der Waals surface area contributed by atoms with Gasteiger partial charge in [-0.15, -0.1) is 0 Å². The van der Waals surface area contributed by atoms with Crippen molar-refractivity contribution in [3.63, 3.8) is 0 Å². The van der Waals surface area contributed by atoms with Crippen LogP contribution in [0, 0.1) is 0 Å². The fourth-order valence-corrected chi connectivity index (χ4v) is 3.98. The fourth-order valence-electron chi connectivity index (χ4n) is 3.98. The number of likely N-dealkylation sites (tertiary alicyclic amines) is 1. The summed E-state index contributed by atoms with van der Waals surface area (Å²) in [6, 6.07) is 14.9. The monoisotopic (exact) mass is 365 g/mol. The van der Waals surface area contributed by atoms with E-state index < -0.39 is 5.97 Å². The molecular weight excluding hydrogens is 342 g/mol. The van der Waals surface area contributed by atoms with E-state index >= 15 is 0 Å². The third-order valence-electron chi connectivity index (χ3n) is 5.66. The number of amides is 1. The van der Waals surface area contributed by atoms with Crippen LogP contribution in [0.5, 0.6) is 5.75 Å². The van der Waals surface area contributed by atoms with Crippen LogP contribution in [0.4, 0.5) is 0 Å². The van der Waals surface area contributed by atoms with Crippen molar-refractivity contribution in [3.05, 3.63) is 65.2 Å². The quantitative estimate of drug-likeness (QED) is 0.765. The normalized spacial score (nSPS) is 17.7. The fraction of sp³-hybridized carbons (Fsp3) is 0.364. The number of hydrogen-bond acceptors (Lipinski definition) is 4. The molecule has 1 amide bonds. The third-order valence-corrected chi connectivity index (χ3v) is 5.66. The molecule has 1 fully saturated rings. The minimum atomic E-state index is -0.399. The maximum absolute atomic E-state index is 12.8. The average Bonchev–Trinajstić information content (AvgIpc) is 2.73. The van der Waals surface area contributed by atoms with Crippen molar-refractivity contribution in [1.29, 1.82) is 0 Å². The minimum absolute atomic E-state index is 0.00234. The molecule has 2 aliphatic heterocycles. The Bertz CT molecular complexity index is 851. The molecule has 0 unspecified atom stereocenters. The molecular formula is C22H23NO4. The van der Waals surface area contributed by atoms with Gasteiger partial charge in [0.1, 0.15) is 11.4 Å². The minimum Gasteiger partial charge on any atom is -0.487 e. The second kappa shape index (κ2) is 7.06. The zero-order chi connectivity index (χ0) is 18.9. The molecule has 5 nitrogen and oxygen atoms in total. The number of piperidine rings is 1. The second-order valence-electron chi connectivity index (χ2n) is 7.25. The van der Waals surface area contributed by atoms with Gasteiger partial charge in [0, 0.05) is 31.5 Å². The van der Waals surface area contributed by atoms with Gasteiger partial charge in [0.2, 0.25) is 0 Å². The first-order valence-corrected chi connectivity index (χ1v) is 9.35. The van der Waals surface area contributed by atoms with Crippen molar-refractivity contribution in [2.45, 2.75) is 31.3 Å². The van der Waals surface area contributed by atoms with E-state index in [-0.39, 0.29) is 11.5 Å². The Hall–Kier alpha value is -2.82. The summed E-state index contributed by atoms with van der Waals surface area (Å²) in [4.78, 5) is 26.2. The molecule has 0 aromatic heterocycles. The molecule has 0 saturated carbocycles. The molecule has 140 valence electrons. The highest BCUT2D eigenvalue weighted by atomic mass is 16.5. The van der Waals surface area contributed by atoms with E-state index in [1.807, 2.05) is 23.1 Å². The largest absolute Gasteiger partial charge is 0.487 e. The first kappa shape index (κ1) is 17.6. The van der Waals surface area contributed by atoms with Crippen molar-refractivity contribution in [2.24, 2.45) is 0 Å². The smallest absolute Gasteiger partial charge is 0.337 e. The number of aryl methyl sites for hydroxylation is 1. The van der Waals surface area contributed by atoms with Gasteiger partial charge in [-0.25, -0.2) is 4.79 Å². The number of carbonyl (C=O) groups is 2. The van der Waals surface area contributed by atoms with Crippen molar-refractivity contribution in [1.82, 2.24) is 4.90 Å². The third kappa shape index (κ3) is 3.42. The molecule has 2 aromatic carbocycles. The van der Waals surface area contributed by atoms with Crippen LogP contribution in [-0.4, -0.2) is 42.6 Å². The number of fused-ring (bicyclic) bond motifs is 1. The molecule has 0 radical (unpaired) electrons. The van der Waals surface area contributed by atoms with E-state index in [9.17, 15) is 9.59 Å². The van der Waals surface area contributed by atoms with Crippen molar-refractivity contribution in [3.8, 4) is 5.75 Å². The standard InChI is InChI=1S/C22H23NO4/c1-26-21(25)18-8-6-17(7-9-18)20(24)23-14-12-22(13-15-23)11-10-16-4-2-3-5-19(16)27-22/h2-9H,10-15H2,1H3. The highest BCUT2D eigenvalue weighted by molar-refractivity contribution is 5.96. The van der Waals surface area contributed by atoms with Gasteiger partial charge in [0.15, 0.2) is 0 Å². The Morgan fingerprint density at radius 3 is 2.33 bits per heavy atom. The lowest BCUT2D eigenvalue weighted by Gasteiger charge is -2.44. The Labute approximate surface area is 158 Å². The predicted octanol–water partition coefficient (Wildman–Crippen LogP) is 3.47. The summed E-state index contributed by atoms with van der Waals surface area (Å²) in [5.74, 6) is 0.586. The molecule has 0 N–H and O–H groups in total. The Morgan fingerprint density at radius 2 is 1.63 bits per heavy atom. The van der Waals surface area contributed by atoms with Crippen LogP contribution < -0.4 is 4.74 Å². The number of methoxy groups -OCH3 is 1. The lowest BCUT2D eigenvalue weighted by Crippen LogP contribution is -2.51. The summed E-state index contributed by atoms with van der Waals surface area (Å²) >= 11 is 0. The molecule has 1 saturated heterocycles. The SMILES string of the molecule is COC(=O)c1ccc(C(=O)N2CCC3(CCc4ccccc4O3)CC2)cc1. The van der Waals surface area contributed by atoms with E-state index in [1.165, 1.54) is 12.7 Å². The number of esters is 1. The highest BCUT2D eigenvalue weighted by Gasteiger charge is 2.40. The molecule has 2 aliphatic rings. The van der Waals surface area contributed by atoms with Gasteiger partial charge in [-0.05, 0) is 48.7 Å². The number of hydrogen-bond donors (Lipinski definition) is 0. The molecule has 2 heterocycles. The van der Waals surface area contributed by atoms with Crippen LogP contribution in [0.2, 0.25) is 0 Å². The molecule has 5 heteroatoms. The number of nitrogens with zero attached hydrogens (tertiary/aromatic N) is 1. The van der Waals surface area contributed by atoms with Crippen molar-refractivity contribution >= 4 is 11.9 Å². The van der Waals surface area contributed by atoms with E-state index in [0.29, 0.717) is 24.2 Å². The molecule has 0 atom stereocenters. The van der Waals surface area contributed by atoms with E-state index in [4.69, 9.17) is 9.47 Å². The molecule has 1 spiro atoms. The zero-order valence-corrected chi connectivity index (χ0v) is 15.4. The topological polar surface area (TPSA) is 55.8 Å². The van der Waals surface area contributed by atoms with Crippen molar-refractivity contribution < 1.29 is 19.1 Å². The maximum atomic E-state index is 12.8. The second-order valence-corrected chi connectivity index (χ2v) is 7.25. The summed E-state index contributed by atoms with van der Waals surface area (Å²) in [6.45, 7) is 1.36. The number of rotatable bonds is 2. The number of ether oxygens (including phenoxy) is 2. The lowest BCUT2D eigenvalue weighted by molar-refractivity contribution is -0.0107. The van der Waals surface area contributed by atoms with Gasteiger partial charge in [0.05, 0.1) is 12.7 Å². The summed E-state index contributed by atoms with van der Waals surface area (Å²) in [7, 11) is 1.34. The van der Waals surface area contributed by atoms with Crippen LogP contribution in [0.3, 0.4) is 0 Å². The predicted molar refractivity (Wildman–Crippen MR) is 101 cm³/mol. The first-order valence-electron chi connectivity index (χ1n) is 9.35. The molecule has 27 heavy (non-hydrogen) atoms. The first-order chi connectivity index (χ1) is 13.1. The number of carbonyl (C=O) groups excluding carboxylic acids is 2. The average molecular weight is 365 g/mol. The lowest BCUT2D eigenvalue weighted by atomic mass is 9.83. The Morgan fingerprint density at radius 1 is 0.963 bits per heavy atom. The summed E-state index contributed by atoms with van der Waals surface area (Å²) in [6.07, 6.45) is 3.71. The van der Waals surface area contributed by atoms with Gasteiger partial charge >= 0.3 is 5.97 Å². The zero-order valence-electron chi connectivity index (χ0n) is 15.4. The van der Waals surface area contributed by atoms with Crippen LogP contribution in [0.1, 0.15) is 45.5 Å². The molecule has 0 bridgehead atoms. The Kier molecular flexibility index (Phi) is 4.60. The van der Waals surface area contributed by atoms with Gasteiger partial charge in [0.25, 0.3) is 5.91 Å². The van der Waals surface area contributed by atoms with Crippen LogP contribution in [0.25, 0.3) is 0 Å². The van der Waals surface area contributed by atoms with Gasteiger partial charge in [-0.1, -0.05) is 18.2 Å². The molecule has 4 rings (SSSR count). The Balaban J connectivity index is 1.41. The number of para-hydroxylation sites is 1. The molecule has 0 aliphatic carbocycles. The molecule has 2 aromatic rings. The van der Waals surface area contributed by atoms with Gasteiger partial charge < -0.3 is 14.4 Å². The summed E-state index contributed by atoms with van der Waals surface area (Å²) in [5.41, 5.74) is 2.15. The van der Waals surface area contributed by atoms with E-state index in [1.54, 1.807) is 24.3 Å². The maximum Gasteiger partial charge on any atom is 0.337 e. The van der Waals surface area contributed by atoms with Crippen LogP contribution >= 0.6 is 0 Å². The van der Waals surface area contributed by atoms with E-state index in [2.05, 4.69) is 6.07 Å². The van der Waals surface area contributed by atoms with Gasteiger partial charge in [-0.2, -0.15) is 0 Å². The van der Waals surface area contributed by atoms with E-state index in [0.717, 1.165) is 31.4 Å².